The molecule has 0 N–H and O–H groups in total. The summed E-state index contributed by atoms with van der Waals surface area (Å²) in [6.45, 7) is 4.68. The van der Waals surface area contributed by atoms with Crippen molar-refractivity contribution in [1.82, 2.24) is 0 Å². The van der Waals surface area contributed by atoms with Crippen molar-refractivity contribution in [2.24, 2.45) is 16.3 Å². The number of ether oxygens (including phenoxy) is 3. The lowest BCUT2D eigenvalue weighted by Gasteiger charge is -2.26. The van der Waals surface area contributed by atoms with Crippen molar-refractivity contribution in [3.63, 3.8) is 0 Å². The van der Waals surface area contributed by atoms with Gasteiger partial charge in [0.1, 0.15) is 12.1 Å². The van der Waals surface area contributed by atoms with Crippen molar-refractivity contribution in [3.8, 4) is 0 Å². The Labute approximate surface area is 137 Å². The van der Waals surface area contributed by atoms with Gasteiger partial charge in [0.25, 0.3) is 0 Å². The highest BCUT2D eigenvalue weighted by Gasteiger charge is 2.54. The van der Waals surface area contributed by atoms with E-state index >= 15 is 0 Å². The summed E-state index contributed by atoms with van der Waals surface area (Å²) < 4.78 is 18.0. The van der Waals surface area contributed by atoms with Crippen LogP contribution in [0.5, 0.6) is 0 Å². The molecule has 1 saturated carbocycles. The van der Waals surface area contributed by atoms with Crippen molar-refractivity contribution in [2.45, 2.75) is 57.6 Å². The Hall–Kier alpha value is -1.39. The van der Waals surface area contributed by atoms with Gasteiger partial charge >= 0.3 is 0 Å². The number of nitrogens with zero attached hydrogens (tertiary/aromatic N) is 1. The molecule has 0 amide bonds. The molecule has 1 aromatic rings. The number of fused-ring (bicyclic) bond motifs is 1. The lowest BCUT2D eigenvalue weighted by Crippen LogP contribution is -2.36. The van der Waals surface area contributed by atoms with Gasteiger partial charge in [-0.05, 0) is 42.7 Å². The molecule has 5 atom stereocenters. The number of rotatable bonds is 3. The summed E-state index contributed by atoms with van der Waals surface area (Å²) >= 11 is 0. The lowest BCUT2D eigenvalue weighted by molar-refractivity contribution is -0.103. The largest absolute Gasteiger partial charge is 0.445 e. The molecule has 1 aromatic carbocycles. The van der Waals surface area contributed by atoms with Crippen LogP contribution in [0.1, 0.15) is 38.7 Å². The van der Waals surface area contributed by atoms with Gasteiger partial charge in [0, 0.05) is 12.7 Å². The van der Waals surface area contributed by atoms with Gasteiger partial charge in [0.2, 0.25) is 12.2 Å². The second kappa shape index (κ2) is 5.60. The summed E-state index contributed by atoms with van der Waals surface area (Å²) in [5.41, 5.74) is 1.41. The molecule has 0 spiro atoms. The smallest absolute Gasteiger partial charge is 0.227 e. The zero-order valence-corrected chi connectivity index (χ0v) is 14.1. The Bertz CT molecular complexity index is 598. The maximum atomic E-state index is 6.26. The first-order chi connectivity index (χ1) is 11.1. The van der Waals surface area contributed by atoms with Gasteiger partial charge in [-0.25, -0.2) is 4.99 Å². The van der Waals surface area contributed by atoms with Crippen molar-refractivity contribution >= 4 is 5.90 Å². The van der Waals surface area contributed by atoms with E-state index in [0.29, 0.717) is 17.2 Å². The Balaban J connectivity index is 1.53. The maximum Gasteiger partial charge on any atom is 0.227 e. The summed E-state index contributed by atoms with van der Waals surface area (Å²) in [5.74, 6) is 1.22. The number of methoxy groups -OCH3 is 1. The highest BCUT2D eigenvalue weighted by molar-refractivity contribution is 5.95. The van der Waals surface area contributed by atoms with Crippen LogP contribution in [0.2, 0.25) is 0 Å². The molecule has 2 fully saturated rings. The number of aliphatic imine (C=N–C) groups is 1. The fourth-order valence-electron chi connectivity index (χ4n) is 4.32. The fourth-order valence-corrected chi connectivity index (χ4v) is 4.32. The molecule has 3 aliphatic rings. The second-order valence-corrected chi connectivity index (χ2v) is 7.75. The molecule has 2 heterocycles. The van der Waals surface area contributed by atoms with Crippen LogP contribution < -0.4 is 0 Å². The van der Waals surface area contributed by atoms with Gasteiger partial charge in [0.15, 0.2) is 0 Å². The van der Waals surface area contributed by atoms with Gasteiger partial charge in [0.05, 0.1) is 6.10 Å². The summed E-state index contributed by atoms with van der Waals surface area (Å²) in [4.78, 5) is 4.77. The maximum absolute atomic E-state index is 6.26. The van der Waals surface area contributed by atoms with Crippen LogP contribution >= 0.6 is 0 Å². The highest BCUT2D eigenvalue weighted by Crippen LogP contribution is 2.47. The lowest BCUT2D eigenvalue weighted by atomic mass is 9.87. The van der Waals surface area contributed by atoms with Gasteiger partial charge < -0.3 is 14.2 Å². The Kier molecular flexibility index (Phi) is 3.69. The van der Waals surface area contributed by atoms with Crippen LogP contribution in [-0.2, 0) is 14.2 Å². The summed E-state index contributed by atoms with van der Waals surface area (Å²) in [6, 6.07) is 9.95. The van der Waals surface area contributed by atoms with Gasteiger partial charge in [-0.15, -0.1) is 0 Å². The normalized spacial score (nSPS) is 38.2. The molecule has 23 heavy (non-hydrogen) atoms. The van der Waals surface area contributed by atoms with E-state index in [2.05, 4.69) is 13.8 Å². The molecule has 0 bridgehead atoms. The molecule has 4 heteroatoms. The Morgan fingerprint density at radius 1 is 1.22 bits per heavy atom. The number of benzene rings is 1. The van der Waals surface area contributed by atoms with Gasteiger partial charge in [-0.1, -0.05) is 32.0 Å². The molecule has 1 aliphatic carbocycles. The average molecular weight is 315 g/mol. The van der Waals surface area contributed by atoms with E-state index in [1.165, 1.54) is 19.3 Å². The van der Waals surface area contributed by atoms with Crippen molar-refractivity contribution in [1.29, 1.82) is 0 Å². The fraction of sp³-hybridized carbons (Fsp3) is 0.632. The first-order valence-corrected chi connectivity index (χ1v) is 8.55. The summed E-state index contributed by atoms with van der Waals surface area (Å²) in [6.07, 6.45) is 3.42. The second-order valence-electron chi connectivity index (χ2n) is 7.75. The van der Waals surface area contributed by atoms with Crippen LogP contribution in [0.3, 0.4) is 0 Å². The minimum Gasteiger partial charge on any atom is -0.445 e. The van der Waals surface area contributed by atoms with E-state index in [4.69, 9.17) is 19.2 Å². The predicted molar refractivity (Wildman–Crippen MR) is 88.4 cm³/mol. The molecular formula is C19H25NO3. The quantitative estimate of drug-likeness (QED) is 0.858. The van der Waals surface area contributed by atoms with Crippen LogP contribution in [-0.4, -0.2) is 37.5 Å². The topological polar surface area (TPSA) is 40.0 Å². The molecule has 2 aliphatic heterocycles. The number of hydrogen-bond donors (Lipinski definition) is 0. The molecule has 4 rings (SSSR count). The van der Waals surface area contributed by atoms with Crippen LogP contribution in [0, 0.1) is 11.3 Å². The van der Waals surface area contributed by atoms with E-state index < -0.39 is 0 Å². The third-order valence-corrected chi connectivity index (χ3v) is 5.49. The third-order valence-electron chi connectivity index (χ3n) is 5.49. The van der Waals surface area contributed by atoms with Crippen LogP contribution in [0.15, 0.2) is 35.3 Å². The van der Waals surface area contributed by atoms with E-state index in [0.717, 1.165) is 5.56 Å². The predicted octanol–water partition coefficient (Wildman–Crippen LogP) is 3.40. The van der Waals surface area contributed by atoms with E-state index in [1.54, 1.807) is 7.11 Å². The summed E-state index contributed by atoms with van der Waals surface area (Å²) in [5, 5.41) is 0. The van der Waals surface area contributed by atoms with E-state index in [9.17, 15) is 0 Å². The molecular weight excluding hydrogens is 290 g/mol. The SMILES string of the molecule is CO[C@H]1[C@@H]2N=C(c3ccccc3)O[C@@H]2O[C@H]1[C@H]1CCC(C)(C)C1. The van der Waals surface area contributed by atoms with Crippen LogP contribution in [0.25, 0.3) is 0 Å². The molecule has 0 aromatic heterocycles. The Morgan fingerprint density at radius 3 is 2.65 bits per heavy atom. The molecule has 0 unspecified atom stereocenters. The minimum atomic E-state index is -0.302. The van der Waals surface area contributed by atoms with E-state index in [-0.39, 0.29) is 24.5 Å². The van der Waals surface area contributed by atoms with Crippen molar-refractivity contribution in [3.05, 3.63) is 35.9 Å². The first kappa shape index (κ1) is 15.2. The molecule has 124 valence electrons. The Morgan fingerprint density at radius 2 is 2.00 bits per heavy atom. The highest BCUT2D eigenvalue weighted by atomic mass is 16.7. The van der Waals surface area contributed by atoms with Gasteiger partial charge in [-0.2, -0.15) is 0 Å². The summed E-state index contributed by atoms with van der Waals surface area (Å²) in [7, 11) is 1.76. The third kappa shape index (κ3) is 2.68. The minimum absolute atomic E-state index is 0.0138. The zero-order valence-electron chi connectivity index (χ0n) is 14.1. The van der Waals surface area contributed by atoms with Crippen molar-refractivity contribution in [2.75, 3.05) is 7.11 Å². The van der Waals surface area contributed by atoms with E-state index in [1.807, 2.05) is 30.3 Å². The monoisotopic (exact) mass is 315 g/mol. The zero-order chi connectivity index (χ0) is 16.0. The standard InChI is InChI=1S/C19H25NO3/c1-19(2)10-9-13(11-19)15-16(21-3)14-18(22-15)23-17(20-14)12-7-5-4-6-8-12/h4-8,13-16,18H,9-11H2,1-3H3/t13-,14-,15-,16-,18-/m0/s1. The molecule has 4 nitrogen and oxygen atoms in total. The average Bonchev–Trinajstić information content (AvgIpc) is 3.19. The van der Waals surface area contributed by atoms with Crippen molar-refractivity contribution < 1.29 is 14.2 Å². The number of hydrogen-bond acceptors (Lipinski definition) is 4. The molecule has 1 saturated heterocycles. The van der Waals surface area contributed by atoms with Crippen LogP contribution in [0.4, 0.5) is 0 Å². The molecule has 0 radical (unpaired) electrons. The first-order valence-electron chi connectivity index (χ1n) is 8.55. The van der Waals surface area contributed by atoms with Gasteiger partial charge in [-0.3, -0.25) is 0 Å².